The van der Waals surface area contributed by atoms with Crippen molar-refractivity contribution < 1.29 is 14.6 Å². The highest BCUT2D eigenvalue weighted by atomic mass is 16.5. The zero-order valence-electron chi connectivity index (χ0n) is 19.3. The summed E-state index contributed by atoms with van der Waals surface area (Å²) in [4.78, 5) is 31.1. The van der Waals surface area contributed by atoms with E-state index in [1.54, 1.807) is 13.1 Å². The van der Waals surface area contributed by atoms with Gasteiger partial charge in [0, 0.05) is 43.6 Å². The first-order valence-corrected chi connectivity index (χ1v) is 11.7. The molecular formula is C25H32N4O4. The minimum atomic E-state index is -0.825. The van der Waals surface area contributed by atoms with Crippen molar-refractivity contribution in [3.05, 3.63) is 51.9 Å². The molecule has 1 aliphatic rings. The van der Waals surface area contributed by atoms with Crippen LogP contribution in [0, 0.1) is 12.8 Å². The van der Waals surface area contributed by atoms with Crippen LogP contribution in [0.25, 0.3) is 22.4 Å². The lowest BCUT2D eigenvalue weighted by Gasteiger charge is -2.23. The summed E-state index contributed by atoms with van der Waals surface area (Å²) in [5.41, 5.74) is 4.32. The number of aromatic nitrogens is 3. The average Bonchev–Trinajstić information content (AvgIpc) is 3.16. The van der Waals surface area contributed by atoms with E-state index < -0.39 is 12.0 Å². The predicted octanol–water partition coefficient (Wildman–Crippen LogP) is 3.47. The molecule has 1 atom stereocenters. The molecule has 0 amide bonds. The highest BCUT2D eigenvalue weighted by Crippen LogP contribution is 2.28. The maximum absolute atomic E-state index is 11.9. The summed E-state index contributed by atoms with van der Waals surface area (Å²) in [5.74, 6) is 0.509. The van der Waals surface area contributed by atoms with E-state index in [0.29, 0.717) is 24.4 Å². The summed E-state index contributed by atoms with van der Waals surface area (Å²) in [6.07, 6.45) is 5.15. The molecule has 0 saturated carbocycles. The SMILES string of the molecule is CCCC(NCc1ccc2c(c1)nc(-c1c[nH]c(=O)c(C)c1)n2CC1CCOCC1)C(=O)O. The predicted molar refractivity (Wildman–Crippen MR) is 127 cm³/mol. The molecule has 1 unspecified atom stereocenters. The van der Waals surface area contributed by atoms with Gasteiger partial charge < -0.3 is 24.7 Å². The first-order chi connectivity index (χ1) is 16.0. The number of rotatable bonds is 9. The van der Waals surface area contributed by atoms with Crippen molar-refractivity contribution in [1.82, 2.24) is 19.9 Å². The summed E-state index contributed by atoms with van der Waals surface area (Å²) >= 11 is 0. The van der Waals surface area contributed by atoms with E-state index in [1.807, 2.05) is 25.1 Å². The van der Waals surface area contributed by atoms with Gasteiger partial charge in [-0.15, -0.1) is 0 Å². The molecule has 176 valence electrons. The number of benzene rings is 1. The number of hydrogen-bond acceptors (Lipinski definition) is 5. The summed E-state index contributed by atoms with van der Waals surface area (Å²) in [6.45, 7) is 6.64. The normalized spacial score (nSPS) is 15.7. The van der Waals surface area contributed by atoms with Gasteiger partial charge >= 0.3 is 5.97 Å². The summed E-state index contributed by atoms with van der Waals surface area (Å²) in [7, 11) is 0. The van der Waals surface area contributed by atoms with Crippen LogP contribution < -0.4 is 10.9 Å². The lowest BCUT2D eigenvalue weighted by atomic mass is 10.00. The molecule has 0 spiro atoms. The number of ether oxygens (including phenoxy) is 1. The van der Waals surface area contributed by atoms with E-state index in [-0.39, 0.29) is 5.56 Å². The molecular weight excluding hydrogens is 420 g/mol. The molecule has 3 N–H and O–H groups in total. The minimum absolute atomic E-state index is 0.0979. The number of imidazole rings is 1. The lowest BCUT2D eigenvalue weighted by molar-refractivity contribution is -0.139. The highest BCUT2D eigenvalue weighted by molar-refractivity contribution is 5.81. The van der Waals surface area contributed by atoms with E-state index in [9.17, 15) is 14.7 Å². The van der Waals surface area contributed by atoms with E-state index in [4.69, 9.17) is 9.72 Å². The third-order valence-electron chi connectivity index (χ3n) is 6.37. The van der Waals surface area contributed by atoms with E-state index in [1.165, 1.54) is 0 Å². The van der Waals surface area contributed by atoms with Crippen LogP contribution in [0.4, 0.5) is 0 Å². The molecule has 3 aromatic rings. The number of pyridine rings is 1. The van der Waals surface area contributed by atoms with Crippen molar-refractivity contribution in [3.8, 4) is 11.4 Å². The maximum atomic E-state index is 11.9. The van der Waals surface area contributed by atoms with Gasteiger partial charge in [0.15, 0.2) is 0 Å². The molecule has 4 rings (SSSR count). The molecule has 8 nitrogen and oxygen atoms in total. The number of aliphatic carboxylic acids is 1. The van der Waals surface area contributed by atoms with Gasteiger partial charge in [0.05, 0.1) is 11.0 Å². The van der Waals surface area contributed by atoms with E-state index >= 15 is 0 Å². The monoisotopic (exact) mass is 452 g/mol. The Labute approximate surface area is 193 Å². The van der Waals surface area contributed by atoms with Gasteiger partial charge in [0.2, 0.25) is 0 Å². The van der Waals surface area contributed by atoms with Crippen LogP contribution in [0.1, 0.15) is 43.7 Å². The summed E-state index contributed by atoms with van der Waals surface area (Å²) in [6, 6.07) is 7.44. The van der Waals surface area contributed by atoms with E-state index in [0.717, 1.165) is 67.0 Å². The van der Waals surface area contributed by atoms with Crippen LogP contribution >= 0.6 is 0 Å². The summed E-state index contributed by atoms with van der Waals surface area (Å²) < 4.78 is 7.78. The Kier molecular flexibility index (Phi) is 7.25. The Balaban J connectivity index is 1.68. The molecule has 2 aromatic heterocycles. The van der Waals surface area contributed by atoms with Crippen LogP contribution in [-0.4, -0.2) is 44.9 Å². The zero-order valence-corrected chi connectivity index (χ0v) is 19.3. The summed E-state index contributed by atoms with van der Waals surface area (Å²) in [5, 5.41) is 12.6. The fourth-order valence-electron chi connectivity index (χ4n) is 4.45. The second-order valence-corrected chi connectivity index (χ2v) is 8.89. The number of H-pyrrole nitrogens is 1. The Morgan fingerprint density at radius 2 is 2.12 bits per heavy atom. The molecule has 33 heavy (non-hydrogen) atoms. The third-order valence-corrected chi connectivity index (χ3v) is 6.37. The Morgan fingerprint density at radius 3 is 2.82 bits per heavy atom. The van der Waals surface area contributed by atoms with Crippen molar-refractivity contribution in [1.29, 1.82) is 0 Å². The quantitative estimate of drug-likeness (QED) is 0.459. The molecule has 0 radical (unpaired) electrons. The molecule has 0 bridgehead atoms. The molecule has 1 saturated heterocycles. The number of carbonyl (C=O) groups is 1. The Morgan fingerprint density at radius 1 is 1.33 bits per heavy atom. The second-order valence-electron chi connectivity index (χ2n) is 8.89. The van der Waals surface area contributed by atoms with Crippen LogP contribution in [0.2, 0.25) is 0 Å². The standard InChI is InChI=1S/C25H32N4O4/c1-3-4-20(25(31)32)26-13-18-5-6-22-21(12-18)28-23(19-11-16(2)24(30)27-14-19)29(22)15-17-7-9-33-10-8-17/h5-6,11-12,14,17,20,26H,3-4,7-10,13,15H2,1-2H3,(H,27,30)(H,31,32). The van der Waals surface area contributed by atoms with Crippen molar-refractivity contribution in [2.45, 2.75) is 58.7 Å². The molecule has 1 aromatic carbocycles. The fraction of sp³-hybridized carbons (Fsp3) is 0.480. The van der Waals surface area contributed by atoms with Crippen LogP contribution in [-0.2, 0) is 22.6 Å². The van der Waals surface area contributed by atoms with Gasteiger partial charge in [-0.05, 0) is 55.9 Å². The van der Waals surface area contributed by atoms with Crippen LogP contribution in [0.3, 0.4) is 0 Å². The molecule has 8 heteroatoms. The smallest absolute Gasteiger partial charge is 0.320 e. The van der Waals surface area contributed by atoms with Gasteiger partial charge in [-0.3, -0.25) is 9.59 Å². The van der Waals surface area contributed by atoms with Crippen molar-refractivity contribution >= 4 is 17.0 Å². The third kappa shape index (κ3) is 5.34. The van der Waals surface area contributed by atoms with Crippen molar-refractivity contribution in [2.75, 3.05) is 13.2 Å². The Hall–Kier alpha value is -2.97. The maximum Gasteiger partial charge on any atom is 0.320 e. The number of aromatic amines is 1. The van der Waals surface area contributed by atoms with Gasteiger partial charge in [0.1, 0.15) is 11.9 Å². The first kappa shape index (κ1) is 23.2. The van der Waals surface area contributed by atoms with Crippen molar-refractivity contribution in [3.63, 3.8) is 0 Å². The number of hydrogen-bond donors (Lipinski definition) is 3. The van der Waals surface area contributed by atoms with Crippen LogP contribution in [0.5, 0.6) is 0 Å². The molecule has 0 aliphatic carbocycles. The van der Waals surface area contributed by atoms with Crippen molar-refractivity contribution in [2.24, 2.45) is 5.92 Å². The fourth-order valence-corrected chi connectivity index (χ4v) is 4.45. The number of carboxylic acids is 1. The number of nitrogens with zero attached hydrogens (tertiary/aromatic N) is 2. The molecule has 1 aliphatic heterocycles. The average molecular weight is 453 g/mol. The second kappa shape index (κ2) is 10.3. The number of carboxylic acid groups (broad SMARTS) is 1. The number of aryl methyl sites for hydroxylation is 1. The van der Waals surface area contributed by atoms with Crippen LogP contribution in [0.15, 0.2) is 35.3 Å². The zero-order chi connectivity index (χ0) is 23.4. The van der Waals surface area contributed by atoms with Gasteiger partial charge in [-0.2, -0.15) is 0 Å². The molecule has 1 fully saturated rings. The minimum Gasteiger partial charge on any atom is -0.480 e. The first-order valence-electron chi connectivity index (χ1n) is 11.7. The topological polar surface area (TPSA) is 109 Å². The largest absolute Gasteiger partial charge is 0.480 e. The van der Waals surface area contributed by atoms with Gasteiger partial charge in [-0.25, -0.2) is 4.98 Å². The number of nitrogens with one attached hydrogen (secondary N) is 2. The lowest BCUT2D eigenvalue weighted by Crippen LogP contribution is -2.35. The molecule has 3 heterocycles. The van der Waals surface area contributed by atoms with Gasteiger partial charge in [0.25, 0.3) is 5.56 Å². The Bertz CT molecular complexity index is 1180. The highest BCUT2D eigenvalue weighted by Gasteiger charge is 2.20. The van der Waals surface area contributed by atoms with Gasteiger partial charge in [-0.1, -0.05) is 19.4 Å². The van der Waals surface area contributed by atoms with E-state index in [2.05, 4.69) is 20.9 Å². The number of fused-ring (bicyclic) bond motifs is 1.